The Balaban J connectivity index is 1.57. The molecule has 2 aliphatic rings. The van der Waals surface area contributed by atoms with Crippen LogP contribution in [-0.2, 0) is 0 Å². The van der Waals surface area contributed by atoms with Gasteiger partial charge in [-0.25, -0.2) is 0 Å². The first-order valence-corrected chi connectivity index (χ1v) is 8.52. The van der Waals surface area contributed by atoms with Crippen molar-refractivity contribution in [2.24, 2.45) is 0 Å². The van der Waals surface area contributed by atoms with Crippen molar-refractivity contribution in [1.82, 2.24) is 0 Å². The van der Waals surface area contributed by atoms with E-state index in [0.717, 1.165) is 18.3 Å². The average Bonchev–Trinajstić information content (AvgIpc) is 2.37. The minimum atomic E-state index is 1.12. The van der Waals surface area contributed by atoms with Gasteiger partial charge in [-0.3, -0.25) is 0 Å². The number of allylic oxidation sites excluding steroid dienone is 1. The lowest BCUT2D eigenvalue weighted by Crippen LogP contribution is -2.34. The topological polar surface area (TPSA) is 0 Å². The van der Waals surface area contributed by atoms with Crippen LogP contribution in [0.25, 0.3) is 0 Å². The van der Waals surface area contributed by atoms with Gasteiger partial charge in [-0.1, -0.05) is 88.2 Å². The summed E-state index contributed by atoms with van der Waals surface area (Å²) >= 11 is 0. The summed E-state index contributed by atoms with van der Waals surface area (Å²) in [6, 6.07) is 0. The van der Waals surface area contributed by atoms with Crippen LogP contribution in [0.2, 0.25) is 18.0 Å². The molecule has 0 radical (unpaired) electrons. The quantitative estimate of drug-likeness (QED) is 0.275. The standard InChI is InChI=1S/C17H31B/c1-2-3-4-5-6-7-8-15-18-16-11-9-12-17(18)14-10-13-16/h2,16-17H,1,3-15H2. The van der Waals surface area contributed by atoms with Gasteiger partial charge in [0.15, 0.2) is 0 Å². The summed E-state index contributed by atoms with van der Waals surface area (Å²) in [4.78, 5) is 0. The number of hydrogen-bond donors (Lipinski definition) is 0. The smallest absolute Gasteiger partial charge is 0.103 e. The number of fused-ring (bicyclic) bond motifs is 2. The summed E-state index contributed by atoms with van der Waals surface area (Å²) in [6.07, 6.45) is 21.3. The van der Waals surface area contributed by atoms with Crippen LogP contribution in [0.1, 0.15) is 77.0 Å². The van der Waals surface area contributed by atoms with Crippen LogP contribution in [0.4, 0.5) is 0 Å². The molecule has 0 N–H and O–H groups in total. The second-order valence-electron chi connectivity index (χ2n) is 6.68. The van der Waals surface area contributed by atoms with Gasteiger partial charge in [0, 0.05) is 0 Å². The Morgan fingerprint density at radius 2 is 1.39 bits per heavy atom. The van der Waals surface area contributed by atoms with Gasteiger partial charge < -0.3 is 0 Å². The van der Waals surface area contributed by atoms with E-state index in [1.165, 1.54) is 51.4 Å². The van der Waals surface area contributed by atoms with E-state index in [0.29, 0.717) is 0 Å². The third-order valence-electron chi connectivity index (χ3n) is 5.46. The first-order valence-electron chi connectivity index (χ1n) is 8.52. The molecule has 0 spiro atoms. The molecule has 0 saturated carbocycles. The minimum absolute atomic E-state index is 1.12. The van der Waals surface area contributed by atoms with Crippen molar-refractivity contribution in [3.63, 3.8) is 0 Å². The van der Waals surface area contributed by atoms with Gasteiger partial charge in [0.25, 0.3) is 0 Å². The molecule has 0 aliphatic carbocycles. The van der Waals surface area contributed by atoms with Gasteiger partial charge in [0.05, 0.1) is 0 Å². The molecule has 2 rings (SSSR count). The number of unbranched alkanes of at least 4 members (excludes halogenated alkanes) is 5. The highest BCUT2D eigenvalue weighted by molar-refractivity contribution is 6.62. The monoisotopic (exact) mass is 246 g/mol. The Kier molecular flexibility index (Phi) is 6.38. The maximum atomic E-state index is 3.79. The van der Waals surface area contributed by atoms with E-state index in [4.69, 9.17) is 0 Å². The summed E-state index contributed by atoms with van der Waals surface area (Å²) in [5.74, 6) is 2.25. The van der Waals surface area contributed by atoms with Crippen LogP contribution in [0.3, 0.4) is 0 Å². The molecular formula is C17H31B. The maximum Gasteiger partial charge on any atom is 0.146 e. The molecule has 0 aromatic carbocycles. The van der Waals surface area contributed by atoms with E-state index < -0.39 is 0 Å². The lowest BCUT2D eigenvalue weighted by atomic mass is 9.26. The number of hydrogen-bond acceptors (Lipinski definition) is 0. The van der Waals surface area contributed by atoms with Crippen molar-refractivity contribution in [2.45, 2.75) is 95.0 Å². The Morgan fingerprint density at radius 3 is 2.00 bits per heavy atom. The largest absolute Gasteiger partial charge is 0.146 e. The van der Waals surface area contributed by atoms with Crippen molar-refractivity contribution in [3.8, 4) is 0 Å². The summed E-state index contributed by atoms with van der Waals surface area (Å²) in [5, 5.41) is 0. The predicted molar refractivity (Wildman–Crippen MR) is 83.7 cm³/mol. The molecule has 18 heavy (non-hydrogen) atoms. The molecule has 2 saturated heterocycles. The van der Waals surface area contributed by atoms with Crippen molar-refractivity contribution in [1.29, 1.82) is 0 Å². The highest BCUT2D eigenvalue weighted by atomic mass is 14.2. The second-order valence-corrected chi connectivity index (χ2v) is 6.68. The zero-order valence-electron chi connectivity index (χ0n) is 12.2. The molecule has 2 bridgehead atoms. The second kappa shape index (κ2) is 8.07. The van der Waals surface area contributed by atoms with Crippen LogP contribution in [0.5, 0.6) is 0 Å². The van der Waals surface area contributed by atoms with Gasteiger partial charge in [-0.2, -0.15) is 0 Å². The summed E-state index contributed by atoms with van der Waals surface area (Å²) in [7, 11) is 0. The van der Waals surface area contributed by atoms with Gasteiger partial charge in [0.2, 0.25) is 0 Å². The van der Waals surface area contributed by atoms with Crippen LogP contribution in [0.15, 0.2) is 12.7 Å². The fraction of sp³-hybridized carbons (Fsp3) is 0.882. The molecule has 0 atom stereocenters. The lowest BCUT2D eigenvalue weighted by molar-refractivity contribution is 0.439. The summed E-state index contributed by atoms with van der Waals surface area (Å²) in [6.45, 7) is 4.91. The van der Waals surface area contributed by atoms with E-state index in [-0.39, 0.29) is 0 Å². The Morgan fingerprint density at radius 1 is 0.833 bits per heavy atom. The van der Waals surface area contributed by atoms with Crippen molar-refractivity contribution in [2.75, 3.05) is 0 Å². The Bertz CT molecular complexity index is 214. The van der Waals surface area contributed by atoms with Crippen LogP contribution >= 0.6 is 0 Å². The lowest BCUT2D eigenvalue weighted by Gasteiger charge is -2.40. The minimum Gasteiger partial charge on any atom is -0.103 e. The van der Waals surface area contributed by atoms with Crippen molar-refractivity contribution < 1.29 is 0 Å². The van der Waals surface area contributed by atoms with Crippen LogP contribution < -0.4 is 0 Å². The molecule has 1 heteroatoms. The summed E-state index contributed by atoms with van der Waals surface area (Å²) < 4.78 is 0. The predicted octanol–water partition coefficient (Wildman–Crippen LogP) is 6.12. The maximum absolute atomic E-state index is 3.79. The highest BCUT2D eigenvalue weighted by Crippen LogP contribution is 2.48. The van der Waals surface area contributed by atoms with Gasteiger partial charge >= 0.3 is 0 Å². The molecule has 2 heterocycles. The highest BCUT2D eigenvalue weighted by Gasteiger charge is 2.37. The molecule has 102 valence electrons. The van der Waals surface area contributed by atoms with E-state index >= 15 is 0 Å². The van der Waals surface area contributed by atoms with Crippen molar-refractivity contribution >= 4 is 6.71 Å². The SMILES string of the molecule is C=CCCCCCCCB1C2CCCC1CCC2. The van der Waals surface area contributed by atoms with E-state index in [1.54, 1.807) is 32.0 Å². The van der Waals surface area contributed by atoms with Crippen LogP contribution in [0, 0.1) is 0 Å². The Hall–Kier alpha value is -0.195. The fourth-order valence-electron chi connectivity index (χ4n) is 4.48. The zero-order valence-corrected chi connectivity index (χ0v) is 12.2. The third kappa shape index (κ3) is 4.18. The third-order valence-corrected chi connectivity index (χ3v) is 5.46. The first kappa shape index (κ1) is 14.2. The van der Waals surface area contributed by atoms with Crippen molar-refractivity contribution in [3.05, 3.63) is 12.7 Å². The van der Waals surface area contributed by atoms with E-state index in [1.807, 2.05) is 0 Å². The first-order chi connectivity index (χ1) is 8.92. The van der Waals surface area contributed by atoms with E-state index in [2.05, 4.69) is 12.7 Å². The molecule has 0 aromatic rings. The molecule has 0 amide bonds. The normalized spacial score (nSPS) is 27.2. The van der Waals surface area contributed by atoms with Gasteiger partial charge in [0.1, 0.15) is 6.71 Å². The molecule has 0 unspecified atom stereocenters. The van der Waals surface area contributed by atoms with Crippen LogP contribution in [-0.4, -0.2) is 6.71 Å². The summed E-state index contributed by atoms with van der Waals surface area (Å²) in [5.41, 5.74) is 0. The molecular weight excluding hydrogens is 215 g/mol. The zero-order chi connectivity index (χ0) is 12.6. The van der Waals surface area contributed by atoms with Gasteiger partial charge in [-0.05, 0) is 12.8 Å². The average molecular weight is 246 g/mol. The number of rotatable bonds is 8. The fourth-order valence-corrected chi connectivity index (χ4v) is 4.48. The molecule has 2 aliphatic heterocycles. The Labute approximate surface area is 115 Å². The van der Waals surface area contributed by atoms with E-state index in [9.17, 15) is 0 Å². The molecule has 0 aromatic heterocycles. The van der Waals surface area contributed by atoms with Gasteiger partial charge in [-0.15, -0.1) is 6.58 Å². The molecule has 2 fully saturated rings. The molecule has 0 nitrogen and oxygen atoms in total.